The van der Waals surface area contributed by atoms with Gasteiger partial charge in [-0.1, -0.05) is 6.58 Å². The molecule has 0 aromatic rings. The van der Waals surface area contributed by atoms with Crippen molar-refractivity contribution in [1.29, 1.82) is 0 Å². The molecule has 9 heteroatoms. The van der Waals surface area contributed by atoms with Gasteiger partial charge in [-0.05, 0) is 0 Å². The molecule has 0 aliphatic heterocycles. The molecule has 1 amide bonds. The fourth-order valence-electron chi connectivity index (χ4n) is 0.522. The summed E-state index contributed by atoms with van der Waals surface area (Å²) in [5.74, 6) is -14.3. The molecule has 2 nitrogen and oxygen atoms in total. The van der Waals surface area contributed by atoms with Crippen LogP contribution in [0.15, 0.2) is 12.2 Å². The number of primary amides is 1. The van der Waals surface area contributed by atoms with Gasteiger partial charge in [0.05, 0.1) is 5.57 Å². The molecule has 0 atom stereocenters. The van der Waals surface area contributed by atoms with Crippen LogP contribution in [-0.2, 0) is 4.79 Å². The zero-order valence-corrected chi connectivity index (χ0v) is 6.84. The number of nitrogens with two attached hydrogens (primary N) is 1. The summed E-state index contributed by atoms with van der Waals surface area (Å²) in [5, 5.41) is 0. The minimum absolute atomic E-state index is 2.10. The van der Waals surface area contributed by atoms with Crippen LogP contribution in [0.2, 0.25) is 0 Å². The predicted octanol–water partition coefficient (Wildman–Crippen LogP) is 1.86. The van der Waals surface area contributed by atoms with Crippen LogP contribution in [-0.4, -0.2) is 23.9 Å². The Morgan fingerprint density at radius 2 is 1.33 bits per heavy atom. The number of amides is 1. The molecule has 0 spiro atoms. The summed E-state index contributed by atoms with van der Waals surface area (Å²) in [6, 6.07) is 0. The summed E-state index contributed by atoms with van der Waals surface area (Å²) in [6.45, 7) is 2.10. The van der Waals surface area contributed by atoms with Crippen molar-refractivity contribution in [2.24, 2.45) is 5.73 Å². The van der Waals surface area contributed by atoms with Gasteiger partial charge in [0.1, 0.15) is 0 Å². The minimum atomic E-state index is -6.51. The number of carbonyl (C=O) groups is 1. The highest BCUT2D eigenvalue weighted by Crippen LogP contribution is 2.49. The number of rotatable bonds is 3. The molecule has 0 fully saturated rings. The number of carbonyl (C=O) groups excluding carboxylic acids is 1. The predicted molar refractivity (Wildman–Crippen MR) is 34.3 cm³/mol. The van der Waals surface area contributed by atoms with Crippen molar-refractivity contribution in [3.8, 4) is 0 Å². The minimum Gasteiger partial charge on any atom is -0.366 e. The average Bonchev–Trinajstić information content (AvgIpc) is 2.00. The summed E-state index contributed by atoms with van der Waals surface area (Å²) >= 11 is 0. The molecular formula is C6H4F7NO. The SMILES string of the molecule is C=C(C(N)=O)C(F)(F)C(F)(F)C(F)(F)F. The molecule has 0 heterocycles. The lowest BCUT2D eigenvalue weighted by atomic mass is 10.0. The summed E-state index contributed by atoms with van der Waals surface area (Å²) in [4.78, 5) is 10.1. The zero-order chi connectivity index (χ0) is 12.7. The second-order valence-electron chi connectivity index (χ2n) is 2.49. The van der Waals surface area contributed by atoms with Gasteiger partial charge in [-0.2, -0.15) is 30.7 Å². The van der Waals surface area contributed by atoms with Gasteiger partial charge in [-0.3, -0.25) is 4.79 Å². The molecular weight excluding hydrogens is 235 g/mol. The lowest BCUT2D eigenvalue weighted by molar-refractivity contribution is -0.343. The number of halogens is 7. The van der Waals surface area contributed by atoms with Gasteiger partial charge in [0, 0.05) is 0 Å². The second kappa shape index (κ2) is 3.38. The Labute approximate surface area is 78.5 Å². The fourth-order valence-corrected chi connectivity index (χ4v) is 0.522. The van der Waals surface area contributed by atoms with Crippen LogP contribution in [0.25, 0.3) is 0 Å². The Hall–Kier alpha value is -1.28. The number of hydrogen-bond donors (Lipinski definition) is 1. The number of alkyl halides is 7. The maximum absolute atomic E-state index is 12.5. The van der Waals surface area contributed by atoms with E-state index in [1.165, 1.54) is 0 Å². The Morgan fingerprint density at radius 1 is 1.00 bits per heavy atom. The Kier molecular flexibility index (Phi) is 3.10. The highest BCUT2D eigenvalue weighted by Gasteiger charge is 2.74. The van der Waals surface area contributed by atoms with Crippen molar-refractivity contribution >= 4 is 5.91 Å². The quantitative estimate of drug-likeness (QED) is 0.592. The maximum atomic E-state index is 12.5. The van der Waals surface area contributed by atoms with Crippen LogP contribution >= 0.6 is 0 Å². The monoisotopic (exact) mass is 239 g/mol. The molecule has 0 aromatic carbocycles. The van der Waals surface area contributed by atoms with Crippen LogP contribution in [0.5, 0.6) is 0 Å². The lowest BCUT2D eigenvalue weighted by Gasteiger charge is -2.28. The first-order valence-corrected chi connectivity index (χ1v) is 3.17. The van der Waals surface area contributed by atoms with E-state index in [0.29, 0.717) is 0 Å². The summed E-state index contributed by atoms with van der Waals surface area (Å²) < 4.78 is 83.9. The van der Waals surface area contributed by atoms with Crippen molar-refractivity contribution in [2.45, 2.75) is 18.0 Å². The van der Waals surface area contributed by atoms with Gasteiger partial charge in [0.15, 0.2) is 0 Å². The van der Waals surface area contributed by atoms with E-state index in [9.17, 15) is 35.5 Å². The standard InChI is InChI=1S/C6H4F7NO/c1-2(3(14)15)4(7,8)5(9,10)6(11,12)13/h1H2,(H2,14,15). The molecule has 0 saturated heterocycles. The summed E-state index contributed by atoms with van der Waals surface area (Å²) in [7, 11) is 0. The summed E-state index contributed by atoms with van der Waals surface area (Å²) in [6.07, 6.45) is -6.51. The van der Waals surface area contributed by atoms with E-state index >= 15 is 0 Å². The van der Waals surface area contributed by atoms with Crippen molar-refractivity contribution in [2.75, 3.05) is 0 Å². The van der Waals surface area contributed by atoms with E-state index in [-0.39, 0.29) is 0 Å². The van der Waals surface area contributed by atoms with E-state index in [2.05, 4.69) is 12.3 Å². The highest BCUT2D eigenvalue weighted by molar-refractivity contribution is 5.93. The van der Waals surface area contributed by atoms with Gasteiger partial charge in [0.2, 0.25) is 5.91 Å². The van der Waals surface area contributed by atoms with E-state index < -0.39 is 29.5 Å². The van der Waals surface area contributed by atoms with Crippen molar-refractivity contribution in [3.63, 3.8) is 0 Å². The third-order valence-electron chi connectivity index (χ3n) is 1.43. The maximum Gasteiger partial charge on any atom is 0.460 e. The van der Waals surface area contributed by atoms with Crippen LogP contribution in [0.3, 0.4) is 0 Å². The molecule has 0 bridgehead atoms. The van der Waals surface area contributed by atoms with Crippen LogP contribution in [0.4, 0.5) is 30.7 Å². The van der Waals surface area contributed by atoms with Gasteiger partial charge in [0.25, 0.3) is 0 Å². The van der Waals surface area contributed by atoms with Crippen LogP contribution < -0.4 is 5.73 Å². The van der Waals surface area contributed by atoms with Gasteiger partial charge < -0.3 is 5.73 Å². The largest absolute Gasteiger partial charge is 0.460 e. The van der Waals surface area contributed by atoms with Crippen LogP contribution in [0.1, 0.15) is 0 Å². The third kappa shape index (κ3) is 2.05. The normalized spacial score (nSPS) is 13.8. The van der Waals surface area contributed by atoms with Crippen LogP contribution in [0, 0.1) is 0 Å². The Balaban J connectivity index is 5.38. The van der Waals surface area contributed by atoms with E-state index in [0.717, 1.165) is 0 Å². The van der Waals surface area contributed by atoms with E-state index in [1.807, 2.05) is 0 Å². The molecule has 15 heavy (non-hydrogen) atoms. The van der Waals surface area contributed by atoms with E-state index in [4.69, 9.17) is 0 Å². The highest BCUT2D eigenvalue weighted by atomic mass is 19.4. The van der Waals surface area contributed by atoms with Crippen molar-refractivity contribution < 1.29 is 35.5 Å². The summed E-state index contributed by atoms with van der Waals surface area (Å²) in [5.41, 5.74) is 1.84. The lowest BCUT2D eigenvalue weighted by Crippen LogP contribution is -2.54. The fraction of sp³-hybridized carbons (Fsp3) is 0.500. The molecule has 0 aliphatic carbocycles. The molecule has 0 rings (SSSR count). The second-order valence-corrected chi connectivity index (χ2v) is 2.49. The van der Waals surface area contributed by atoms with Gasteiger partial charge in [-0.25, -0.2) is 0 Å². The Bertz CT molecular complexity index is 292. The third-order valence-corrected chi connectivity index (χ3v) is 1.43. The molecule has 0 saturated carbocycles. The molecule has 0 unspecified atom stereocenters. The van der Waals surface area contributed by atoms with Crippen molar-refractivity contribution in [3.05, 3.63) is 12.2 Å². The Morgan fingerprint density at radius 3 is 1.53 bits per heavy atom. The van der Waals surface area contributed by atoms with Gasteiger partial charge >= 0.3 is 18.0 Å². The first kappa shape index (κ1) is 13.7. The first-order valence-electron chi connectivity index (χ1n) is 3.17. The van der Waals surface area contributed by atoms with Gasteiger partial charge in [-0.15, -0.1) is 0 Å². The topological polar surface area (TPSA) is 43.1 Å². The number of hydrogen-bond acceptors (Lipinski definition) is 1. The molecule has 0 aliphatic rings. The molecule has 0 radical (unpaired) electrons. The molecule has 0 aromatic heterocycles. The molecule has 2 N–H and O–H groups in total. The molecule has 88 valence electrons. The average molecular weight is 239 g/mol. The van der Waals surface area contributed by atoms with Crippen molar-refractivity contribution in [1.82, 2.24) is 0 Å². The van der Waals surface area contributed by atoms with E-state index in [1.54, 1.807) is 0 Å². The first-order chi connectivity index (χ1) is 6.35. The smallest absolute Gasteiger partial charge is 0.366 e. The zero-order valence-electron chi connectivity index (χ0n) is 6.84.